The van der Waals surface area contributed by atoms with Crippen LogP contribution in [0.25, 0.3) is 0 Å². The normalized spacial score (nSPS) is 17.6. The molecule has 0 saturated carbocycles. The van der Waals surface area contributed by atoms with Crippen LogP contribution in [-0.2, 0) is 4.79 Å². The quantitative estimate of drug-likeness (QED) is 0.856. The molecule has 1 aliphatic carbocycles. The molecule has 1 aromatic rings. The van der Waals surface area contributed by atoms with E-state index in [1.54, 1.807) is 0 Å². The Balaban J connectivity index is 1.98. The second kappa shape index (κ2) is 5.26. The van der Waals surface area contributed by atoms with Crippen LogP contribution in [0.1, 0.15) is 26.7 Å². The van der Waals surface area contributed by atoms with Crippen LogP contribution in [0, 0.1) is 5.41 Å². The van der Waals surface area contributed by atoms with Gasteiger partial charge >= 0.3 is 6.03 Å². The van der Waals surface area contributed by atoms with Gasteiger partial charge in [-0.15, -0.1) is 0 Å². The summed E-state index contributed by atoms with van der Waals surface area (Å²) in [7, 11) is 0. The van der Waals surface area contributed by atoms with Gasteiger partial charge in [-0.1, -0.05) is 32.0 Å². The van der Waals surface area contributed by atoms with E-state index in [2.05, 4.69) is 10.6 Å². The highest BCUT2D eigenvalue weighted by molar-refractivity contribution is 5.95. The summed E-state index contributed by atoms with van der Waals surface area (Å²) in [4.78, 5) is 23.4. The molecule has 0 aromatic heterocycles. The molecule has 2 rings (SSSR count). The van der Waals surface area contributed by atoms with Crippen molar-refractivity contribution in [3.63, 3.8) is 0 Å². The van der Waals surface area contributed by atoms with Gasteiger partial charge in [-0.2, -0.15) is 0 Å². The molecule has 0 atom stereocenters. The molecule has 0 saturated heterocycles. The lowest BCUT2D eigenvalue weighted by Gasteiger charge is -2.28. The van der Waals surface area contributed by atoms with Gasteiger partial charge in [0.05, 0.1) is 0 Å². The van der Waals surface area contributed by atoms with Crippen LogP contribution < -0.4 is 10.6 Å². The summed E-state index contributed by atoms with van der Waals surface area (Å²) < 4.78 is 0. The molecule has 0 aliphatic heterocycles. The van der Waals surface area contributed by atoms with Gasteiger partial charge in [0.25, 0.3) is 0 Å². The molecule has 100 valence electrons. The van der Waals surface area contributed by atoms with Crippen molar-refractivity contribution < 1.29 is 9.59 Å². The third-order valence-corrected chi connectivity index (χ3v) is 2.96. The van der Waals surface area contributed by atoms with Gasteiger partial charge in [-0.25, -0.2) is 4.79 Å². The first-order valence-electron chi connectivity index (χ1n) is 6.31. The summed E-state index contributed by atoms with van der Waals surface area (Å²) >= 11 is 0. The molecule has 0 bridgehead atoms. The Morgan fingerprint density at radius 3 is 2.42 bits per heavy atom. The number of urea groups is 1. The number of allylic oxidation sites excluding steroid dienone is 2. The molecule has 2 N–H and O–H groups in total. The maximum absolute atomic E-state index is 11.8. The van der Waals surface area contributed by atoms with Crippen molar-refractivity contribution in [2.75, 3.05) is 5.32 Å². The van der Waals surface area contributed by atoms with Gasteiger partial charge in [-0.3, -0.25) is 4.79 Å². The number of nitrogens with one attached hydrogen (secondary N) is 2. The van der Waals surface area contributed by atoms with Crippen molar-refractivity contribution in [1.29, 1.82) is 0 Å². The number of amides is 2. The van der Waals surface area contributed by atoms with Crippen LogP contribution in [0.2, 0.25) is 0 Å². The summed E-state index contributed by atoms with van der Waals surface area (Å²) in [6.45, 7) is 4.05. The molecule has 0 spiro atoms. The van der Waals surface area contributed by atoms with Crippen molar-refractivity contribution in [3.05, 3.63) is 42.1 Å². The fourth-order valence-electron chi connectivity index (χ4n) is 2.26. The highest BCUT2D eigenvalue weighted by Gasteiger charge is 2.28. The number of para-hydroxylation sites is 1. The number of carbonyl (C=O) groups is 2. The summed E-state index contributed by atoms with van der Waals surface area (Å²) in [5, 5.41) is 5.47. The summed E-state index contributed by atoms with van der Waals surface area (Å²) in [6, 6.07) is 8.88. The molecular weight excluding hydrogens is 240 g/mol. The smallest absolute Gasteiger partial charge is 0.311 e. The lowest BCUT2D eigenvalue weighted by atomic mass is 9.79. The van der Waals surface area contributed by atoms with Crippen molar-refractivity contribution in [1.82, 2.24) is 5.32 Å². The number of ketones is 1. The number of rotatable bonds is 2. The minimum Gasteiger partial charge on any atom is -0.311 e. The third kappa shape index (κ3) is 3.95. The molecule has 19 heavy (non-hydrogen) atoms. The minimum atomic E-state index is -0.317. The Hall–Kier alpha value is -2.10. The Morgan fingerprint density at radius 2 is 1.79 bits per heavy atom. The van der Waals surface area contributed by atoms with Crippen LogP contribution in [0.15, 0.2) is 42.1 Å². The van der Waals surface area contributed by atoms with E-state index in [4.69, 9.17) is 0 Å². The Labute approximate surface area is 112 Å². The van der Waals surface area contributed by atoms with Gasteiger partial charge in [0.15, 0.2) is 5.78 Å². The van der Waals surface area contributed by atoms with Crippen LogP contribution >= 0.6 is 0 Å². The van der Waals surface area contributed by atoms with E-state index in [1.807, 2.05) is 44.2 Å². The summed E-state index contributed by atoms with van der Waals surface area (Å²) in [5.74, 6) is 0.0614. The Kier molecular flexibility index (Phi) is 3.69. The highest BCUT2D eigenvalue weighted by atomic mass is 16.2. The summed E-state index contributed by atoms with van der Waals surface area (Å²) in [5.41, 5.74) is 1.30. The standard InChI is InChI=1S/C15H18N2O2/c1-15(2)9-12(8-13(18)10-15)17-14(19)16-11-6-4-3-5-7-11/h3-8H,9-10H2,1-2H3,(H2,16,17,19). The van der Waals surface area contributed by atoms with Gasteiger partial charge in [0.2, 0.25) is 0 Å². The van der Waals surface area contributed by atoms with E-state index in [1.165, 1.54) is 6.08 Å². The number of carbonyl (C=O) groups excluding carboxylic acids is 2. The molecular formula is C15H18N2O2. The van der Waals surface area contributed by atoms with E-state index in [0.29, 0.717) is 18.5 Å². The first-order valence-corrected chi connectivity index (χ1v) is 6.31. The molecule has 1 aliphatic rings. The van der Waals surface area contributed by atoms with E-state index < -0.39 is 0 Å². The molecule has 2 amide bonds. The van der Waals surface area contributed by atoms with Crippen molar-refractivity contribution in [2.24, 2.45) is 5.41 Å². The van der Waals surface area contributed by atoms with E-state index in [9.17, 15) is 9.59 Å². The SMILES string of the molecule is CC1(C)CC(=O)C=C(NC(=O)Nc2ccccc2)C1. The predicted molar refractivity (Wildman–Crippen MR) is 74.7 cm³/mol. The molecule has 4 nitrogen and oxygen atoms in total. The number of hydrogen-bond donors (Lipinski definition) is 2. The minimum absolute atomic E-state index is 0.0614. The van der Waals surface area contributed by atoms with Gasteiger partial charge in [0.1, 0.15) is 0 Å². The lowest BCUT2D eigenvalue weighted by molar-refractivity contribution is -0.117. The van der Waals surface area contributed by atoms with E-state index >= 15 is 0 Å². The fourth-order valence-corrected chi connectivity index (χ4v) is 2.26. The van der Waals surface area contributed by atoms with Gasteiger partial charge in [0, 0.05) is 23.9 Å². The van der Waals surface area contributed by atoms with E-state index in [-0.39, 0.29) is 17.2 Å². The number of benzene rings is 1. The topological polar surface area (TPSA) is 58.2 Å². The Bertz CT molecular complexity index is 518. The second-order valence-electron chi connectivity index (χ2n) is 5.60. The second-order valence-corrected chi connectivity index (χ2v) is 5.60. The molecule has 0 unspecified atom stereocenters. The molecule has 1 aromatic carbocycles. The fraction of sp³-hybridized carbons (Fsp3) is 0.333. The maximum Gasteiger partial charge on any atom is 0.323 e. The summed E-state index contributed by atoms with van der Waals surface area (Å²) in [6.07, 6.45) is 2.75. The first-order chi connectivity index (χ1) is 8.94. The van der Waals surface area contributed by atoms with Crippen LogP contribution in [-0.4, -0.2) is 11.8 Å². The molecule has 0 heterocycles. The third-order valence-electron chi connectivity index (χ3n) is 2.96. The first kappa shape index (κ1) is 13.3. The predicted octanol–water partition coefficient (Wildman–Crippen LogP) is 3.08. The van der Waals surface area contributed by atoms with Crippen molar-refractivity contribution >= 4 is 17.5 Å². The van der Waals surface area contributed by atoms with Crippen LogP contribution in [0.4, 0.5) is 10.5 Å². The largest absolute Gasteiger partial charge is 0.323 e. The highest BCUT2D eigenvalue weighted by Crippen LogP contribution is 2.32. The average Bonchev–Trinajstić information content (AvgIpc) is 2.26. The van der Waals surface area contributed by atoms with Crippen LogP contribution in [0.5, 0.6) is 0 Å². The Morgan fingerprint density at radius 1 is 1.11 bits per heavy atom. The van der Waals surface area contributed by atoms with Crippen molar-refractivity contribution in [3.8, 4) is 0 Å². The van der Waals surface area contributed by atoms with Crippen LogP contribution in [0.3, 0.4) is 0 Å². The van der Waals surface area contributed by atoms with E-state index in [0.717, 1.165) is 5.69 Å². The van der Waals surface area contributed by atoms with Gasteiger partial charge in [-0.05, 0) is 24.0 Å². The number of hydrogen-bond acceptors (Lipinski definition) is 2. The number of anilines is 1. The zero-order valence-electron chi connectivity index (χ0n) is 11.2. The van der Waals surface area contributed by atoms with Crippen molar-refractivity contribution in [2.45, 2.75) is 26.7 Å². The maximum atomic E-state index is 11.8. The zero-order chi connectivity index (χ0) is 13.9. The average molecular weight is 258 g/mol. The molecule has 0 radical (unpaired) electrons. The molecule has 0 fully saturated rings. The lowest BCUT2D eigenvalue weighted by Crippen LogP contribution is -2.33. The monoisotopic (exact) mass is 258 g/mol. The zero-order valence-corrected chi connectivity index (χ0v) is 11.2. The molecule has 4 heteroatoms. The van der Waals surface area contributed by atoms with Gasteiger partial charge < -0.3 is 10.6 Å².